The van der Waals surface area contributed by atoms with Gasteiger partial charge in [0.2, 0.25) is 0 Å². The first-order chi connectivity index (χ1) is 11.7. The van der Waals surface area contributed by atoms with E-state index >= 15 is 0 Å². The molecule has 1 aromatic carbocycles. The fraction of sp³-hybridized carbons (Fsp3) is 0.450. The number of hydroxylamine groups is 1. The lowest BCUT2D eigenvalue weighted by molar-refractivity contribution is 0.0233. The van der Waals surface area contributed by atoms with Crippen LogP contribution in [0.1, 0.15) is 65.5 Å². The van der Waals surface area contributed by atoms with Gasteiger partial charge in [0.15, 0.2) is 0 Å². The van der Waals surface area contributed by atoms with Crippen LogP contribution in [0.4, 0.5) is 0 Å². The zero-order chi connectivity index (χ0) is 16.9. The molecule has 1 fully saturated rings. The van der Waals surface area contributed by atoms with Crippen LogP contribution >= 0.6 is 0 Å². The Bertz CT molecular complexity index is 685. The SMILES string of the molecule is Cc1cc(C(=O)NOCc2ccccc2)c(C)n1C1CCCCC1. The summed E-state index contributed by atoms with van der Waals surface area (Å²) in [6, 6.07) is 12.3. The van der Waals surface area contributed by atoms with E-state index in [1.165, 1.54) is 32.1 Å². The fourth-order valence-electron chi connectivity index (χ4n) is 3.72. The highest BCUT2D eigenvalue weighted by Crippen LogP contribution is 2.32. The summed E-state index contributed by atoms with van der Waals surface area (Å²) in [6.45, 7) is 4.49. The third-order valence-electron chi connectivity index (χ3n) is 4.92. The molecule has 0 spiro atoms. The Hall–Kier alpha value is -2.07. The minimum absolute atomic E-state index is 0.166. The van der Waals surface area contributed by atoms with E-state index in [0.717, 1.165) is 17.0 Å². The van der Waals surface area contributed by atoms with Gasteiger partial charge in [-0.25, -0.2) is 5.48 Å². The number of amides is 1. The summed E-state index contributed by atoms with van der Waals surface area (Å²) < 4.78 is 2.34. The van der Waals surface area contributed by atoms with Gasteiger partial charge in [-0.2, -0.15) is 0 Å². The van der Waals surface area contributed by atoms with Gasteiger partial charge in [-0.1, -0.05) is 49.6 Å². The molecule has 1 N–H and O–H groups in total. The van der Waals surface area contributed by atoms with Crippen molar-refractivity contribution in [3.8, 4) is 0 Å². The molecule has 0 aliphatic heterocycles. The van der Waals surface area contributed by atoms with Crippen LogP contribution in [-0.2, 0) is 11.4 Å². The Morgan fingerprint density at radius 3 is 2.58 bits per heavy atom. The van der Waals surface area contributed by atoms with E-state index in [1.807, 2.05) is 43.3 Å². The number of aryl methyl sites for hydroxylation is 1. The van der Waals surface area contributed by atoms with Gasteiger partial charge in [0.05, 0.1) is 12.2 Å². The standard InChI is InChI=1S/C20H26N2O2/c1-15-13-19(16(2)22(15)18-11-7-4-8-12-18)20(23)21-24-14-17-9-5-3-6-10-17/h3,5-6,9-10,13,18H,4,7-8,11-12,14H2,1-2H3,(H,21,23). The molecule has 1 aromatic heterocycles. The van der Waals surface area contributed by atoms with Crippen LogP contribution in [0, 0.1) is 13.8 Å². The maximum absolute atomic E-state index is 12.5. The summed E-state index contributed by atoms with van der Waals surface area (Å²) >= 11 is 0. The molecular weight excluding hydrogens is 300 g/mol. The molecule has 1 heterocycles. The van der Waals surface area contributed by atoms with Crippen molar-refractivity contribution in [2.45, 2.75) is 58.6 Å². The number of rotatable bonds is 5. The van der Waals surface area contributed by atoms with Crippen molar-refractivity contribution in [3.63, 3.8) is 0 Å². The second-order valence-electron chi connectivity index (χ2n) is 6.65. The minimum Gasteiger partial charge on any atom is -0.345 e. The Labute approximate surface area is 143 Å². The van der Waals surface area contributed by atoms with Gasteiger partial charge in [0.25, 0.3) is 5.91 Å². The van der Waals surface area contributed by atoms with Gasteiger partial charge in [-0.3, -0.25) is 9.63 Å². The molecule has 3 rings (SSSR count). The molecule has 0 saturated heterocycles. The summed E-state index contributed by atoms with van der Waals surface area (Å²) in [7, 11) is 0. The van der Waals surface area contributed by atoms with Crippen molar-refractivity contribution in [1.82, 2.24) is 10.0 Å². The summed E-state index contributed by atoms with van der Waals surface area (Å²) in [5.74, 6) is -0.166. The lowest BCUT2D eigenvalue weighted by atomic mass is 9.95. The number of hydrogen-bond acceptors (Lipinski definition) is 2. The van der Waals surface area contributed by atoms with Gasteiger partial charge in [-0.05, 0) is 38.3 Å². The third kappa shape index (κ3) is 3.70. The van der Waals surface area contributed by atoms with E-state index in [4.69, 9.17) is 4.84 Å². The average Bonchev–Trinajstić information content (AvgIpc) is 2.91. The average molecular weight is 326 g/mol. The van der Waals surface area contributed by atoms with Crippen LogP contribution in [-0.4, -0.2) is 10.5 Å². The zero-order valence-corrected chi connectivity index (χ0v) is 14.5. The highest BCUT2D eigenvalue weighted by Gasteiger charge is 2.22. The molecule has 0 radical (unpaired) electrons. The third-order valence-corrected chi connectivity index (χ3v) is 4.92. The molecule has 24 heavy (non-hydrogen) atoms. The number of nitrogens with zero attached hydrogens (tertiary/aromatic N) is 1. The van der Waals surface area contributed by atoms with Crippen LogP contribution < -0.4 is 5.48 Å². The van der Waals surface area contributed by atoms with Crippen LogP contribution in [0.15, 0.2) is 36.4 Å². The Balaban J connectivity index is 1.64. The van der Waals surface area contributed by atoms with Gasteiger partial charge in [0.1, 0.15) is 0 Å². The van der Waals surface area contributed by atoms with E-state index in [0.29, 0.717) is 18.2 Å². The molecule has 0 atom stereocenters. The van der Waals surface area contributed by atoms with E-state index in [9.17, 15) is 4.79 Å². The summed E-state index contributed by atoms with van der Waals surface area (Å²) in [6.07, 6.45) is 6.31. The lowest BCUT2D eigenvalue weighted by Gasteiger charge is -2.26. The molecule has 4 heteroatoms. The Morgan fingerprint density at radius 1 is 1.17 bits per heavy atom. The van der Waals surface area contributed by atoms with Gasteiger partial charge in [-0.15, -0.1) is 0 Å². The van der Waals surface area contributed by atoms with Crippen molar-refractivity contribution in [2.75, 3.05) is 0 Å². The van der Waals surface area contributed by atoms with E-state index in [2.05, 4.69) is 17.0 Å². The first-order valence-corrected chi connectivity index (χ1v) is 8.81. The zero-order valence-electron chi connectivity index (χ0n) is 14.5. The number of benzene rings is 1. The van der Waals surface area contributed by atoms with Gasteiger partial charge >= 0.3 is 0 Å². The van der Waals surface area contributed by atoms with Crippen LogP contribution in [0.2, 0.25) is 0 Å². The van der Waals surface area contributed by atoms with Crippen LogP contribution in [0.25, 0.3) is 0 Å². The van der Waals surface area contributed by atoms with E-state index in [-0.39, 0.29) is 5.91 Å². The first-order valence-electron chi connectivity index (χ1n) is 8.81. The summed E-state index contributed by atoms with van der Waals surface area (Å²) in [4.78, 5) is 17.8. The molecular formula is C20H26N2O2. The normalized spacial score (nSPS) is 15.4. The number of carbonyl (C=O) groups excluding carboxylic acids is 1. The van der Waals surface area contributed by atoms with Crippen molar-refractivity contribution in [2.24, 2.45) is 0 Å². The number of carbonyl (C=O) groups is 1. The monoisotopic (exact) mass is 326 g/mol. The molecule has 1 amide bonds. The lowest BCUT2D eigenvalue weighted by Crippen LogP contribution is -2.24. The number of hydrogen-bond donors (Lipinski definition) is 1. The Morgan fingerprint density at radius 2 is 1.88 bits per heavy atom. The highest BCUT2D eigenvalue weighted by atomic mass is 16.6. The van der Waals surface area contributed by atoms with Crippen LogP contribution in [0.3, 0.4) is 0 Å². The molecule has 1 aliphatic carbocycles. The number of nitrogens with one attached hydrogen (secondary N) is 1. The smallest absolute Gasteiger partial charge is 0.276 e. The van der Waals surface area contributed by atoms with Crippen LogP contribution in [0.5, 0.6) is 0 Å². The number of aromatic nitrogens is 1. The molecule has 2 aromatic rings. The summed E-state index contributed by atoms with van der Waals surface area (Å²) in [5, 5.41) is 0. The second-order valence-corrected chi connectivity index (χ2v) is 6.65. The molecule has 1 aliphatic rings. The van der Waals surface area contributed by atoms with E-state index in [1.54, 1.807) is 0 Å². The highest BCUT2D eigenvalue weighted by molar-refractivity contribution is 5.95. The molecule has 0 unspecified atom stereocenters. The van der Waals surface area contributed by atoms with Crippen molar-refractivity contribution >= 4 is 5.91 Å². The fourth-order valence-corrected chi connectivity index (χ4v) is 3.72. The predicted octanol–water partition coefficient (Wildman–Crippen LogP) is 4.47. The molecule has 4 nitrogen and oxygen atoms in total. The Kier molecular flexibility index (Phi) is 5.36. The predicted molar refractivity (Wildman–Crippen MR) is 94.7 cm³/mol. The largest absolute Gasteiger partial charge is 0.345 e. The van der Waals surface area contributed by atoms with Gasteiger partial charge in [0, 0.05) is 17.4 Å². The second kappa shape index (κ2) is 7.67. The molecule has 1 saturated carbocycles. The van der Waals surface area contributed by atoms with E-state index < -0.39 is 0 Å². The molecule has 0 bridgehead atoms. The maximum atomic E-state index is 12.5. The van der Waals surface area contributed by atoms with Crippen molar-refractivity contribution < 1.29 is 9.63 Å². The maximum Gasteiger partial charge on any atom is 0.276 e. The first kappa shape index (κ1) is 16.8. The quantitative estimate of drug-likeness (QED) is 0.824. The van der Waals surface area contributed by atoms with Crippen molar-refractivity contribution in [3.05, 3.63) is 58.9 Å². The topological polar surface area (TPSA) is 43.3 Å². The molecule has 128 valence electrons. The summed E-state index contributed by atoms with van der Waals surface area (Å²) in [5.41, 5.74) is 6.53. The van der Waals surface area contributed by atoms with Gasteiger partial charge < -0.3 is 4.57 Å². The van der Waals surface area contributed by atoms with Crippen molar-refractivity contribution in [1.29, 1.82) is 0 Å². The minimum atomic E-state index is -0.166.